The van der Waals surface area contributed by atoms with E-state index in [0.717, 1.165) is 12.5 Å². The second-order valence-corrected chi connectivity index (χ2v) is 17.7. The zero-order chi connectivity index (χ0) is 43.1. The van der Waals surface area contributed by atoms with E-state index in [1.54, 1.807) is 90.9 Å². The monoisotopic (exact) mass is 807 g/mol. The van der Waals surface area contributed by atoms with Crippen molar-refractivity contribution < 1.29 is 63.3 Å². The van der Waals surface area contributed by atoms with Crippen LogP contribution in [-0.2, 0) is 33.3 Å². The number of nitrogens with one attached hydrogen (secondary N) is 1. The van der Waals surface area contributed by atoms with E-state index in [1.807, 2.05) is 19.1 Å². The standard InChI is InChI=1S/C42H53NO11.C2H4O2/c1-22-14-16-24(17-15-22)27(43-38(49)54-39(3,4)5)18-31(45)52-29-20-42(50)36(53-37(48)25-12-10-9-11-13-25)33-26-21-51-28(26)19-30(44)41(33,8)35(47)34(46)32(23(29)2)40(42,6)7;1-2(3)4/h9-17,26-30,33-34,36,44,46,50H,18-21H2,1-8H3,(H,43,49);1H3,(H,3,4)/t26?,27-,28-,29+,30?,33?,34-,36+,41-,42-;/m1./s1. The quantitative estimate of drug-likeness (QED) is 0.142. The van der Waals surface area contributed by atoms with Crippen molar-refractivity contribution in [2.24, 2.45) is 22.7 Å². The van der Waals surface area contributed by atoms with Crippen LogP contribution >= 0.6 is 0 Å². The fourth-order valence-corrected chi connectivity index (χ4v) is 9.20. The number of aliphatic carboxylic acids is 1. The lowest BCUT2D eigenvalue weighted by molar-refractivity contribution is -0.277. The number of ketones is 1. The van der Waals surface area contributed by atoms with E-state index < -0.39 is 100 Å². The van der Waals surface area contributed by atoms with Gasteiger partial charge in [0.1, 0.15) is 29.5 Å². The molecule has 3 aliphatic carbocycles. The van der Waals surface area contributed by atoms with Gasteiger partial charge in [-0.05, 0) is 70.4 Å². The summed E-state index contributed by atoms with van der Waals surface area (Å²) < 4.78 is 23.8. The largest absolute Gasteiger partial charge is 0.481 e. The summed E-state index contributed by atoms with van der Waals surface area (Å²) in [6.45, 7) is 15.0. The highest BCUT2D eigenvalue weighted by atomic mass is 16.6. The van der Waals surface area contributed by atoms with Gasteiger partial charge in [0.2, 0.25) is 0 Å². The molecular weight excluding hydrogens is 750 g/mol. The first-order valence-corrected chi connectivity index (χ1v) is 19.6. The van der Waals surface area contributed by atoms with Crippen molar-refractivity contribution in [3.8, 4) is 0 Å². The third kappa shape index (κ3) is 8.56. The molecule has 1 aliphatic heterocycles. The molecule has 0 aromatic heterocycles. The van der Waals surface area contributed by atoms with Gasteiger partial charge in [-0.1, -0.05) is 61.9 Å². The molecule has 0 radical (unpaired) electrons. The highest BCUT2D eigenvalue weighted by molar-refractivity contribution is 5.94. The fraction of sp³-hybridized carbons (Fsp3) is 0.568. The van der Waals surface area contributed by atoms with E-state index in [0.29, 0.717) is 11.1 Å². The number of carboxylic acid groups (broad SMARTS) is 1. The van der Waals surface area contributed by atoms with Crippen molar-refractivity contribution in [2.45, 2.75) is 129 Å². The molecule has 6 rings (SSSR count). The number of carboxylic acids is 1. The summed E-state index contributed by atoms with van der Waals surface area (Å²) in [5.74, 6) is -4.36. The minimum absolute atomic E-state index is 0.126. The molecule has 0 spiro atoms. The van der Waals surface area contributed by atoms with Gasteiger partial charge in [0, 0.05) is 37.0 Å². The van der Waals surface area contributed by atoms with Gasteiger partial charge >= 0.3 is 18.0 Å². The van der Waals surface area contributed by atoms with Crippen LogP contribution < -0.4 is 5.32 Å². The summed E-state index contributed by atoms with van der Waals surface area (Å²) in [6, 6.07) is 14.7. The molecule has 5 N–H and O–H groups in total. The van der Waals surface area contributed by atoms with Gasteiger partial charge in [-0.25, -0.2) is 9.59 Å². The van der Waals surface area contributed by atoms with Gasteiger partial charge in [0.25, 0.3) is 5.97 Å². The summed E-state index contributed by atoms with van der Waals surface area (Å²) in [7, 11) is 0. The van der Waals surface area contributed by atoms with Crippen molar-refractivity contribution in [3.05, 3.63) is 82.4 Å². The first kappa shape index (κ1) is 44.5. The molecule has 1 amide bonds. The van der Waals surface area contributed by atoms with E-state index >= 15 is 0 Å². The number of hydrogen-bond acceptors (Lipinski definition) is 12. The van der Waals surface area contributed by atoms with Gasteiger partial charge in [0.05, 0.1) is 42.3 Å². The first-order chi connectivity index (χ1) is 26.9. The van der Waals surface area contributed by atoms with Crippen LogP contribution in [0.15, 0.2) is 65.7 Å². The van der Waals surface area contributed by atoms with Gasteiger partial charge in [0.15, 0.2) is 5.78 Å². The highest BCUT2D eigenvalue weighted by Gasteiger charge is 2.72. The van der Waals surface area contributed by atoms with Crippen LogP contribution in [-0.4, -0.2) is 98.5 Å². The molecule has 2 saturated carbocycles. The van der Waals surface area contributed by atoms with Gasteiger partial charge in [-0.3, -0.25) is 14.4 Å². The number of amides is 1. The Morgan fingerprint density at radius 1 is 0.966 bits per heavy atom. The zero-order valence-corrected chi connectivity index (χ0v) is 34.6. The van der Waals surface area contributed by atoms with Crippen LogP contribution in [0.4, 0.5) is 4.79 Å². The van der Waals surface area contributed by atoms with Gasteiger partial charge < -0.3 is 44.7 Å². The van der Waals surface area contributed by atoms with E-state index in [9.17, 15) is 34.5 Å². The Labute approximate surface area is 338 Å². The summed E-state index contributed by atoms with van der Waals surface area (Å²) in [5, 5.41) is 47.1. The molecule has 4 aliphatic rings. The van der Waals surface area contributed by atoms with Crippen molar-refractivity contribution in [3.63, 3.8) is 0 Å². The number of aliphatic hydroxyl groups excluding tert-OH is 2. The number of ether oxygens (including phenoxy) is 4. The lowest BCUT2D eigenvalue weighted by Gasteiger charge is -2.64. The lowest BCUT2D eigenvalue weighted by Crippen LogP contribution is -2.75. The van der Waals surface area contributed by atoms with Gasteiger partial charge in [-0.15, -0.1) is 0 Å². The molecule has 2 bridgehead atoms. The van der Waals surface area contributed by atoms with E-state index in [1.165, 1.54) is 0 Å². The number of fused-ring (bicyclic) bond motifs is 5. The molecule has 3 fully saturated rings. The maximum Gasteiger partial charge on any atom is 0.408 e. The molecule has 14 heteroatoms. The van der Waals surface area contributed by atoms with E-state index in [4.69, 9.17) is 28.8 Å². The number of aliphatic hydroxyl groups is 3. The van der Waals surface area contributed by atoms with E-state index in [-0.39, 0.29) is 37.0 Å². The van der Waals surface area contributed by atoms with Crippen LogP contribution in [0.1, 0.15) is 102 Å². The predicted molar refractivity (Wildman–Crippen MR) is 209 cm³/mol. The average Bonchev–Trinajstić information content (AvgIpc) is 3.11. The summed E-state index contributed by atoms with van der Waals surface area (Å²) >= 11 is 0. The average molecular weight is 808 g/mol. The molecule has 58 heavy (non-hydrogen) atoms. The smallest absolute Gasteiger partial charge is 0.408 e. The van der Waals surface area contributed by atoms with Crippen molar-refractivity contribution in [1.29, 1.82) is 0 Å². The Morgan fingerprint density at radius 2 is 1.57 bits per heavy atom. The van der Waals surface area contributed by atoms with Crippen molar-refractivity contribution in [1.82, 2.24) is 5.32 Å². The number of esters is 2. The molecule has 3 unspecified atom stereocenters. The molecule has 10 atom stereocenters. The Kier molecular flexibility index (Phi) is 12.7. The number of rotatable bonds is 7. The number of aryl methyl sites for hydroxylation is 1. The normalized spacial score (nSPS) is 31.6. The summed E-state index contributed by atoms with van der Waals surface area (Å²) in [6.07, 6.45) is -7.27. The number of benzene rings is 2. The van der Waals surface area contributed by atoms with Crippen LogP contribution in [0.3, 0.4) is 0 Å². The molecule has 14 nitrogen and oxygen atoms in total. The number of carbonyl (C=O) groups excluding carboxylic acids is 4. The zero-order valence-electron chi connectivity index (χ0n) is 34.6. The maximum atomic E-state index is 14.7. The van der Waals surface area contributed by atoms with Crippen molar-refractivity contribution >= 4 is 29.8 Å². The first-order valence-electron chi connectivity index (χ1n) is 19.6. The molecule has 1 saturated heterocycles. The minimum Gasteiger partial charge on any atom is -0.481 e. The highest BCUT2D eigenvalue weighted by Crippen LogP contribution is 2.62. The second kappa shape index (κ2) is 16.6. The number of carbonyl (C=O) groups is 5. The molecule has 2 aromatic rings. The topological polar surface area (TPSA) is 215 Å². The van der Waals surface area contributed by atoms with Crippen LogP contribution in [0.2, 0.25) is 0 Å². The molecular formula is C44H57NO13. The Bertz CT molecular complexity index is 1910. The van der Waals surface area contributed by atoms with Crippen LogP contribution in [0.5, 0.6) is 0 Å². The minimum atomic E-state index is -2.03. The Hall–Kier alpha value is -4.63. The third-order valence-electron chi connectivity index (χ3n) is 12.4. The third-order valence-corrected chi connectivity index (χ3v) is 12.4. The molecule has 1 heterocycles. The molecule has 2 aromatic carbocycles. The predicted octanol–water partition coefficient (Wildman–Crippen LogP) is 5.00. The SMILES string of the molecule is CC(=O)O.CC1=C2[C@@H](O)C(=O)[C@]3(C)C(O)C[C@H]4OCC4C3[C@H](OC(=O)c3ccccc3)[C@](O)(C[C@@H]1OC(=O)C[C@@H](NC(=O)OC(C)(C)C)c1ccc(C)cc1)C2(C)C. The number of Topliss-reactive ketones (excluding diaryl/α,β-unsaturated/α-hetero) is 1. The Balaban J connectivity index is 0.00000153. The molecule has 316 valence electrons. The Morgan fingerprint density at radius 3 is 2.12 bits per heavy atom. The lowest BCUT2D eigenvalue weighted by atomic mass is 9.46. The second-order valence-electron chi connectivity index (χ2n) is 17.7. The number of alkyl carbamates (subject to hydrolysis) is 1. The summed E-state index contributed by atoms with van der Waals surface area (Å²) in [5.41, 5.74) is -3.55. The summed E-state index contributed by atoms with van der Waals surface area (Å²) in [4.78, 5) is 64.4. The van der Waals surface area contributed by atoms with Crippen molar-refractivity contribution in [2.75, 3.05) is 6.61 Å². The number of hydrogen-bond donors (Lipinski definition) is 5. The van der Waals surface area contributed by atoms with Crippen LogP contribution in [0.25, 0.3) is 0 Å². The maximum absolute atomic E-state index is 14.7. The van der Waals surface area contributed by atoms with E-state index in [2.05, 4.69) is 5.32 Å². The van der Waals surface area contributed by atoms with Crippen LogP contribution in [0, 0.1) is 29.6 Å². The fourth-order valence-electron chi connectivity index (χ4n) is 9.20. The van der Waals surface area contributed by atoms with Gasteiger partial charge in [-0.2, -0.15) is 0 Å².